The Morgan fingerprint density at radius 3 is 2.27 bits per heavy atom. The summed E-state index contributed by atoms with van der Waals surface area (Å²) in [6, 6.07) is 19.3. The third-order valence-electron chi connectivity index (χ3n) is 4.20. The Labute approximate surface area is 151 Å². The molecule has 6 heteroatoms. The minimum absolute atomic E-state index is 0.357. The van der Waals surface area contributed by atoms with Gasteiger partial charge in [0, 0.05) is 11.1 Å². The van der Waals surface area contributed by atoms with Crippen LogP contribution in [0.15, 0.2) is 60.7 Å². The Balaban J connectivity index is 2.02. The Hall–Kier alpha value is -3.41. The van der Waals surface area contributed by atoms with E-state index in [1.54, 1.807) is 0 Å². The molecule has 0 saturated carbocycles. The average Bonchev–Trinajstić information content (AvgIpc) is 2.61. The van der Waals surface area contributed by atoms with Crippen LogP contribution < -0.4 is 11.1 Å². The summed E-state index contributed by atoms with van der Waals surface area (Å²) in [5.74, 6) is 0.357. The number of amides is 1. The van der Waals surface area contributed by atoms with Gasteiger partial charge in [0.05, 0.1) is 5.54 Å². The minimum Gasteiger partial charge on any atom is -0.465 e. The van der Waals surface area contributed by atoms with Gasteiger partial charge < -0.3 is 16.2 Å². The molecule has 132 valence electrons. The Morgan fingerprint density at radius 2 is 1.65 bits per heavy atom. The van der Waals surface area contributed by atoms with E-state index in [4.69, 9.17) is 10.8 Å². The monoisotopic (exact) mass is 348 g/mol. The van der Waals surface area contributed by atoms with Gasteiger partial charge in [0.25, 0.3) is 0 Å². The molecule has 0 atom stereocenters. The first-order chi connectivity index (χ1) is 12.4. The van der Waals surface area contributed by atoms with Crippen LogP contribution in [-0.4, -0.2) is 21.4 Å². The minimum atomic E-state index is -1.06. The molecular formula is C20H20N4O2. The van der Waals surface area contributed by atoms with Gasteiger partial charge in [-0.3, -0.25) is 0 Å². The lowest BCUT2D eigenvalue weighted by Gasteiger charge is -2.25. The van der Waals surface area contributed by atoms with Crippen molar-refractivity contribution in [3.05, 3.63) is 66.2 Å². The van der Waals surface area contributed by atoms with E-state index in [9.17, 15) is 4.79 Å². The predicted octanol–water partition coefficient (Wildman–Crippen LogP) is 3.90. The summed E-state index contributed by atoms with van der Waals surface area (Å²) < 4.78 is 0. The van der Waals surface area contributed by atoms with Crippen molar-refractivity contribution in [2.24, 2.45) is 0 Å². The normalized spacial score (nSPS) is 11.2. The maximum Gasteiger partial charge on any atom is 0.405 e. The highest BCUT2D eigenvalue weighted by atomic mass is 16.4. The zero-order valence-electron chi connectivity index (χ0n) is 14.6. The lowest BCUT2D eigenvalue weighted by atomic mass is 9.92. The van der Waals surface area contributed by atoms with Crippen LogP contribution in [0, 0.1) is 0 Å². The summed E-state index contributed by atoms with van der Waals surface area (Å²) in [5.41, 5.74) is 9.49. The van der Waals surface area contributed by atoms with Gasteiger partial charge in [-0.05, 0) is 31.0 Å². The van der Waals surface area contributed by atoms with Gasteiger partial charge in [-0.25, -0.2) is 4.79 Å². The van der Waals surface area contributed by atoms with Gasteiger partial charge >= 0.3 is 6.09 Å². The van der Waals surface area contributed by atoms with E-state index in [-0.39, 0.29) is 0 Å². The van der Waals surface area contributed by atoms with E-state index in [1.165, 1.54) is 0 Å². The predicted molar refractivity (Wildman–Crippen MR) is 102 cm³/mol. The van der Waals surface area contributed by atoms with Gasteiger partial charge in [-0.2, -0.15) is 0 Å². The summed E-state index contributed by atoms with van der Waals surface area (Å²) >= 11 is 0. The number of benzene rings is 2. The topological polar surface area (TPSA) is 101 Å². The van der Waals surface area contributed by atoms with Crippen LogP contribution in [0.4, 0.5) is 10.6 Å². The van der Waals surface area contributed by atoms with Gasteiger partial charge in [0.15, 0.2) is 0 Å². The zero-order chi connectivity index (χ0) is 18.7. The number of nitrogens with zero attached hydrogens (tertiary/aromatic N) is 2. The molecular weight excluding hydrogens is 328 g/mol. The van der Waals surface area contributed by atoms with Gasteiger partial charge in [0.2, 0.25) is 0 Å². The second-order valence-corrected chi connectivity index (χ2v) is 6.53. The first kappa shape index (κ1) is 17.4. The molecule has 0 unspecified atom stereocenters. The number of rotatable bonds is 4. The fourth-order valence-electron chi connectivity index (χ4n) is 2.84. The number of nitrogens with one attached hydrogen (secondary N) is 1. The smallest absolute Gasteiger partial charge is 0.405 e. The van der Waals surface area contributed by atoms with Crippen molar-refractivity contribution >= 4 is 11.9 Å². The fraction of sp³-hybridized carbons (Fsp3) is 0.150. The van der Waals surface area contributed by atoms with Crippen molar-refractivity contribution in [1.82, 2.24) is 15.5 Å². The molecule has 0 saturated heterocycles. The van der Waals surface area contributed by atoms with E-state index < -0.39 is 11.6 Å². The van der Waals surface area contributed by atoms with E-state index >= 15 is 0 Å². The SMILES string of the molecule is CC(C)(NC(=O)O)c1ccc(-c2nnc(N)cc2-c2ccccc2)cc1. The van der Waals surface area contributed by atoms with Crippen LogP contribution in [-0.2, 0) is 5.54 Å². The molecule has 1 aromatic heterocycles. The summed E-state index contributed by atoms with van der Waals surface area (Å²) in [4.78, 5) is 11.0. The van der Waals surface area contributed by atoms with Crippen LogP contribution in [0.1, 0.15) is 19.4 Å². The van der Waals surface area contributed by atoms with E-state index in [1.807, 2.05) is 74.5 Å². The maximum atomic E-state index is 11.0. The summed E-state index contributed by atoms with van der Waals surface area (Å²) in [6.07, 6.45) is -1.06. The highest BCUT2D eigenvalue weighted by Gasteiger charge is 2.22. The van der Waals surface area contributed by atoms with Crippen LogP contribution in [0.25, 0.3) is 22.4 Å². The van der Waals surface area contributed by atoms with E-state index in [2.05, 4.69) is 15.5 Å². The lowest BCUT2D eigenvalue weighted by Crippen LogP contribution is -2.39. The number of aromatic nitrogens is 2. The number of hydrogen-bond acceptors (Lipinski definition) is 4. The molecule has 4 N–H and O–H groups in total. The molecule has 3 rings (SSSR count). The summed E-state index contributed by atoms with van der Waals surface area (Å²) in [7, 11) is 0. The average molecular weight is 348 g/mol. The molecule has 0 spiro atoms. The van der Waals surface area contributed by atoms with E-state index in [0.29, 0.717) is 5.82 Å². The number of carbonyl (C=O) groups is 1. The van der Waals surface area contributed by atoms with E-state index in [0.717, 1.165) is 27.9 Å². The number of nitrogen functional groups attached to an aromatic ring is 1. The second kappa shape index (κ2) is 6.84. The van der Waals surface area contributed by atoms with Crippen molar-refractivity contribution in [2.75, 3.05) is 5.73 Å². The number of carboxylic acid groups (broad SMARTS) is 1. The zero-order valence-corrected chi connectivity index (χ0v) is 14.6. The number of hydrogen-bond donors (Lipinski definition) is 3. The third kappa shape index (κ3) is 3.64. The first-order valence-corrected chi connectivity index (χ1v) is 8.17. The van der Waals surface area contributed by atoms with Crippen LogP contribution in [0.3, 0.4) is 0 Å². The highest BCUT2D eigenvalue weighted by molar-refractivity contribution is 5.81. The molecule has 6 nitrogen and oxygen atoms in total. The van der Waals surface area contributed by atoms with Crippen molar-refractivity contribution in [1.29, 1.82) is 0 Å². The Bertz CT molecular complexity index is 922. The molecule has 0 fully saturated rings. The number of nitrogens with two attached hydrogens (primary N) is 1. The molecule has 0 radical (unpaired) electrons. The van der Waals surface area contributed by atoms with Crippen molar-refractivity contribution in [3.8, 4) is 22.4 Å². The van der Waals surface area contributed by atoms with Crippen molar-refractivity contribution < 1.29 is 9.90 Å². The molecule has 26 heavy (non-hydrogen) atoms. The molecule has 0 aliphatic rings. The molecule has 1 amide bonds. The van der Waals surface area contributed by atoms with Gasteiger partial charge in [0.1, 0.15) is 11.5 Å². The lowest BCUT2D eigenvalue weighted by molar-refractivity contribution is 0.182. The summed E-state index contributed by atoms with van der Waals surface area (Å²) in [5, 5.41) is 19.8. The van der Waals surface area contributed by atoms with Crippen LogP contribution >= 0.6 is 0 Å². The Kier molecular flexibility index (Phi) is 4.58. The fourth-order valence-corrected chi connectivity index (χ4v) is 2.84. The van der Waals surface area contributed by atoms with Crippen molar-refractivity contribution in [2.45, 2.75) is 19.4 Å². The highest BCUT2D eigenvalue weighted by Crippen LogP contribution is 2.32. The third-order valence-corrected chi connectivity index (χ3v) is 4.20. The largest absolute Gasteiger partial charge is 0.465 e. The maximum absolute atomic E-state index is 11.0. The second-order valence-electron chi connectivity index (χ2n) is 6.53. The molecule has 3 aromatic rings. The molecule has 2 aromatic carbocycles. The standard InChI is InChI=1S/C20H20N4O2/c1-20(2,22-19(25)26)15-10-8-14(9-11-15)18-16(12-17(21)23-24-18)13-6-4-3-5-7-13/h3-12,22H,1-2H3,(H2,21,23)(H,25,26). The van der Waals surface area contributed by atoms with Crippen LogP contribution in [0.5, 0.6) is 0 Å². The van der Waals surface area contributed by atoms with Gasteiger partial charge in [-0.15, -0.1) is 10.2 Å². The molecule has 0 aliphatic heterocycles. The molecule has 1 heterocycles. The van der Waals surface area contributed by atoms with Crippen LogP contribution in [0.2, 0.25) is 0 Å². The Morgan fingerprint density at radius 1 is 1.00 bits per heavy atom. The quantitative estimate of drug-likeness (QED) is 0.664. The number of anilines is 1. The molecule has 0 bridgehead atoms. The van der Waals surface area contributed by atoms with Crippen molar-refractivity contribution in [3.63, 3.8) is 0 Å². The molecule has 0 aliphatic carbocycles. The summed E-state index contributed by atoms with van der Waals surface area (Å²) in [6.45, 7) is 3.63. The van der Waals surface area contributed by atoms with Gasteiger partial charge in [-0.1, -0.05) is 54.6 Å². The first-order valence-electron chi connectivity index (χ1n) is 8.17.